The van der Waals surface area contributed by atoms with Gasteiger partial charge in [-0.3, -0.25) is 15.3 Å². The Morgan fingerprint density at radius 3 is 2.16 bits per heavy atom. The summed E-state index contributed by atoms with van der Waals surface area (Å²) in [6, 6.07) is 15.0. The molecule has 0 spiro atoms. The third-order valence-electron chi connectivity index (χ3n) is 6.17. The van der Waals surface area contributed by atoms with E-state index in [1.54, 1.807) is 39.4 Å². The van der Waals surface area contributed by atoms with Gasteiger partial charge >= 0.3 is 5.91 Å². The second-order valence-electron chi connectivity index (χ2n) is 10.0. The van der Waals surface area contributed by atoms with Crippen LogP contribution in [0.3, 0.4) is 0 Å². The number of nitrogens with zero attached hydrogens (tertiary/aromatic N) is 2. The number of rotatable bonds is 14. The molecule has 0 saturated carbocycles. The number of amides is 3. The molecule has 0 aliphatic rings. The first kappa shape index (κ1) is 30.7. The highest BCUT2D eigenvalue weighted by Crippen LogP contribution is 2.16. The minimum absolute atomic E-state index is 0.0445. The zero-order valence-corrected chi connectivity index (χ0v) is 23.1. The standard InChI is InChI=1S/C29H40N4O5/c1-29(2,31)17-9-12-26(34)32(3)25(20-38-19-22-10-7-6-8-11-22)28(36)33(4)24(27(30)35)18-21-13-15-23(37-5)16-14-21/h6-16,24-25H,17-20,31H2,1-5H3,(H2,30,35)/p+1/b12-9+/t24-,25-/m1/s1. The Morgan fingerprint density at radius 2 is 1.61 bits per heavy atom. The normalized spacial score (nSPS) is 13.1. The highest BCUT2D eigenvalue weighted by molar-refractivity contribution is 5.94. The lowest BCUT2D eigenvalue weighted by molar-refractivity contribution is -0.311. The largest absolute Gasteiger partial charge is 0.497 e. The number of hydrogen-bond acceptors (Lipinski definition) is 6. The minimum atomic E-state index is -0.954. The second kappa shape index (κ2) is 14.4. The van der Waals surface area contributed by atoms with E-state index in [9.17, 15) is 14.4 Å². The Labute approximate surface area is 225 Å². The van der Waals surface area contributed by atoms with Crippen molar-refractivity contribution in [2.45, 2.75) is 50.9 Å². The van der Waals surface area contributed by atoms with Gasteiger partial charge in [0, 0.05) is 26.1 Å². The van der Waals surface area contributed by atoms with Crippen LogP contribution in [0.5, 0.6) is 5.75 Å². The van der Waals surface area contributed by atoms with Gasteiger partial charge in [0.2, 0.25) is 11.8 Å². The lowest BCUT2D eigenvalue weighted by atomic mass is 10.0. The summed E-state index contributed by atoms with van der Waals surface area (Å²) in [5, 5.41) is 0. The van der Waals surface area contributed by atoms with Crippen molar-refractivity contribution in [2.75, 3.05) is 27.8 Å². The molecule has 2 rings (SSSR count). The zero-order valence-electron chi connectivity index (χ0n) is 23.1. The molecular weight excluding hydrogens is 484 g/mol. The first-order chi connectivity index (χ1) is 17.9. The van der Waals surface area contributed by atoms with Gasteiger partial charge < -0.3 is 25.0 Å². The summed E-state index contributed by atoms with van der Waals surface area (Å²) in [5.74, 6) is -0.494. The third-order valence-corrected chi connectivity index (χ3v) is 6.17. The molecule has 2 atom stereocenters. The molecule has 5 N–H and O–H groups in total. The summed E-state index contributed by atoms with van der Waals surface area (Å²) < 4.78 is 11.1. The van der Waals surface area contributed by atoms with Crippen LogP contribution in [0.2, 0.25) is 0 Å². The summed E-state index contributed by atoms with van der Waals surface area (Å²) in [5.41, 5.74) is 10.9. The number of carbonyl (C=O) groups excluding carboxylic acids is 3. The maximum absolute atomic E-state index is 13.7. The minimum Gasteiger partial charge on any atom is -0.497 e. The van der Waals surface area contributed by atoms with E-state index in [-0.39, 0.29) is 25.5 Å². The molecule has 206 valence electrons. The fraction of sp³-hybridized carbons (Fsp3) is 0.414. The van der Waals surface area contributed by atoms with Gasteiger partial charge in [-0.2, -0.15) is 0 Å². The van der Waals surface area contributed by atoms with E-state index in [2.05, 4.69) is 5.73 Å². The summed E-state index contributed by atoms with van der Waals surface area (Å²) in [6.45, 7) is 3.96. The van der Waals surface area contributed by atoms with Crippen LogP contribution in [-0.2, 0) is 32.1 Å². The van der Waals surface area contributed by atoms with E-state index in [4.69, 9.17) is 15.2 Å². The summed E-state index contributed by atoms with van der Waals surface area (Å²) in [7, 11) is 4.68. The number of ether oxygens (including phenoxy) is 2. The van der Waals surface area contributed by atoms with Crippen LogP contribution in [-0.4, -0.2) is 73.0 Å². The molecule has 9 heteroatoms. The Morgan fingerprint density at radius 1 is 0.974 bits per heavy atom. The van der Waals surface area contributed by atoms with Crippen molar-refractivity contribution < 1.29 is 29.6 Å². The van der Waals surface area contributed by atoms with Crippen LogP contribution in [0.25, 0.3) is 0 Å². The van der Waals surface area contributed by atoms with E-state index < -0.39 is 29.4 Å². The fourth-order valence-electron chi connectivity index (χ4n) is 3.79. The van der Waals surface area contributed by atoms with E-state index in [0.717, 1.165) is 11.1 Å². The van der Waals surface area contributed by atoms with Crippen LogP contribution < -0.4 is 16.2 Å². The molecule has 0 aromatic heterocycles. The predicted molar refractivity (Wildman–Crippen MR) is 146 cm³/mol. The molecule has 38 heavy (non-hydrogen) atoms. The van der Waals surface area contributed by atoms with Crippen molar-refractivity contribution in [2.24, 2.45) is 5.73 Å². The summed E-state index contributed by atoms with van der Waals surface area (Å²) in [6.07, 6.45) is 3.87. The molecule has 2 aromatic carbocycles. The van der Waals surface area contributed by atoms with Gasteiger partial charge in [0.1, 0.15) is 11.8 Å². The van der Waals surface area contributed by atoms with Crippen LogP contribution in [0.15, 0.2) is 66.7 Å². The monoisotopic (exact) mass is 525 g/mol. The lowest BCUT2D eigenvalue weighted by Crippen LogP contribution is -2.68. The third kappa shape index (κ3) is 9.74. The van der Waals surface area contributed by atoms with Crippen LogP contribution in [0.1, 0.15) is 31.4 Å². The average molecular weight is 526 g/mol. The molecular formula is C29H41N4O5+. The van der Waals surface area contributed by atoms with Gasteiger partial charge in [-0.05, 0) is 49.6 Å². The van der Waals surface area contributed by atoms with Crippen molar-refractivity contribution in [1.82, 2.24) is 9.80 Å². The molecule has 0 aliphatic carbocycles. The van der Waals surface area contributed by atoms with Gasteiger partial charge in [0.25, 0.3) is 0 Å². The molecule has 2 aromatic rings. The quantitative estimate of drug-likeness (QED) is 0.360. The highest BCUT2D eigenvalue weighted by atomic mass is 16.5. The molecule has 0 fully saturated rings. The Hall–Kier alpha value is -3.53. The number of quaternary nitrogens is 1. The van der Waals surface area contributed by atoms with Crippen LogP contribution >= 0.6 is 0 Å². The number of nitrogens with two attached hydrogens (primary N) is 1. The topological polar surface area (TPSA) is 130 Å². The first-order valence-corrected chi connectivity index (χ1v) is 12.5. The molecule has 0 saturated heterocycles. The predicted octanol–water partition coefficient (Wildman–Crippen LogP) is 1.56. The van der Waals surface area contributed by atoms with Gasteiger partial charge in [-0.15, -0.1) is 0 Å². The van der Waals surface area contributed by atoms with Crippen molar-refractivity contribution in [3.05, 3.63) is 77.9 Å². The Kier molecular flexibility index (Phi) is 11.6. The molecule has 3 amide bonds. The number of methoxy groups -OCH3 is 1. The van der Waals surface area contributed by atoms with Crippen LogP contribution in [0, 0.1) is 0 Å². The van der Waals surface area contributed by atoms with Crippen molar-refractivity contribution >= 4 is 17.7 Å². The Bertz CT molecular complexity index is 1080. The van der Waals surface area contributed by atoms with Crippen molar-refractivity contribution in [3.8, 4) is 5.75 Å². The molecule has 0 bridgehead atoms. The van der Waals surface area contributed by atoms with Gasteiger partial charge in [-0.25, -0.2) is 4.79 Å². The maximum Gasteiger partial charge on any atom is 0.331 e. The maximum atomic E-state index is 13.7. The zero-order chi connectivity index (χ0) is 28.3. The molecule has 0 aliphatic heterocycles. The second-order valence-corrected chi connectivity index (χ2v) is 10.0. The SMILES string of the molecule is COc1ccc(C[C@H](C([NH3+])=O)N(C)C(=O)[C@@H](COCc2ccccc2)N(C)C(=O)/C=C/CC(C)(C)N)cc1. The van der Waals surface area contributed by atoms with Gasteiger partial charge in [0.15, 0.2) is 6.04 Å². The Balaban J connectivity index is 2.23. The molecule has 9 nitrogen and oxygen atoms in total. The molecule has 0 heterocycles. The van der Waals surface area contributed by atoms with Crippen LogP contribution in [0.4, 0.5) is 0 Å². The summed E-state index contributed by atoms with van der Waals surface area (Å²) >= 11 is 0. The first-order valence-electron chi connectivity index (χ1n) is 12.5. The van der Waals surface area contributed by atoms with E-state index >= 15 is 0 Å². The lowest BCUT2D eigenvalue weighted by Gasteiger charge is -2.32. The van der Waals surface area contributed by atoms with Crippen molar-refractivity contribution in [1.29, 1.82) is 0 Å². The van der Waals surface area contributed by atoms with Crippen molar-refractivity contribution in [3.63, 3.8) is 0 Å². The molecule has 0 radical (unpaired) electrons. The number of carbonyl (C=O) groups is 3. The molecule has 0 unspecified atom stereocenters. The van der Waals surface area contributed by atoms with Gasteiger partial charge in [-0.1, -0.05) is 48.5 Å². The number of likely N-dealkylation sites (N-methyl/N-ethyl adjacent to an activating group) is 2. The summed E-state index contributed by atoms with van der Waals surface area (Å²) in [4.78, 5) is 41.9. The van der Waals surface area contributed by atoms with E-state index in [1.165, 1.54) is 15.9 Å². The smallest absolute Gasteiger partial charge is 0.331 e. The number of benzene rings is 2. The average Bonchev–Trinajstić information content (AvgIpc) is 2.88. The van der Waals surface area contributed by atoms with E-state index in [1.807, 2.05) is 56.3 Å². The van der Waals surface area contributed by atoms with E-state index in [0.29, 0.717) is 12.2 Å². The highest BCUT2D eigenvalue weighted by Gasteiger charge is 2.35. The number of hydrogen-bond donors (Lipinski definition) is 2. The fourth-order valence-corrected chi connectivity index (χ4v) is 3.79. The van der Waals surface area contributed by atoms with Gasteiger partial charge in [0.05, 0.1) is 20.3 Å².